The van der Waals surface area contributed by atoms with Gasteiger partial charge in [0, 0.05) is 25.0 Å². The molecule has 3 aromatic carbocycles. The van der Waals surface area contributed by atoms with E-state index in [1.165, 1.54) is 62.4 Å². The van der Waals surface area contributed by atoms with Crippen molar-refractivity contribution in [2.45, 2.75) is 77.3 Å². The van der Waals surface area contributed by atoms with Gasteiger partial charge in [0.15, 0.2) is 11.1 Å². The maximum Gasteiger partial charge on any atom is 0.335 e. The minimum Gasteiger partial charge on any atom is -0.481 e. The molecule has 0 spiro atoms. The zero-order chi connectivity index (χ0) is 46.3. The fourth-order valence-electron chi connectivity index (χ4n) is 4.78. The highest BCUT2D eigenvalue weighted by Crippen LogP contribution is 2.46. The molecule has 0 saturated carbocycles. The Morgan fingerprint density at radius 2 is 1.13 bits per heavy atom. The first-order valence-corrected chi connectivity index (χ1v) is 19.8. The summed E-state index contributed by atoms with van der Waals surface area (Å²) >= 11 is 6.70. The van der Waals surface area contributed by atoms with Crippen LogP contribution in [0.4, 0.5) is 0 Å². The molecule has 4 N–H and O–H groups in total. The summed E-state index contributed by atoms with van der Waals surface area (Å²) in [5.74, 6) is -4.85. The maximum atomic E-state index is 13.4. The molecule has 61 heavy (non-hydrogen) atoms. The van der Waals surface area contributed by atoms with Crippen LogP contribution >= 0.6 is 24.0 Å². The number of carboxylic acid groups (broad SMARTS) is 4. The highest BCUT2D eigenvalue weighted by molar-refractivity contribution is 8.23. The van der Waals surface area contributed by atoms with Gasteiger partial charge in [0.1, 0.15) is 5.75 Å². The van der Waals surface area contributed by atoms with E-state index in [4.69, 9.17) is 47.9 Å². The van der Waals surface area contributed by atoms with Gasteiger partial charge in [-0.05, 0) is 82.3 Å². The molecular formula is C44H47N5O10S2. The minimum absolute atomic E-state index is 0.0321. The van der Waals surface area contributed by atoms with E-state index in [1.807, 2.05) is 78.9 Å². The summed E-state index contributed by atoms with van der Waals surface area (Å²) in [5.41, 5.74) is -3.49. The van der Waals surface area contributed by atoms with E-state index in [9.17, 15) is 29.2 Å². The average molecular weight is 870 g/mol. The summed E-state index contributed by atoms with van der Waals surface area (Å²) in [4.78, 5) is 56.6. The van der Waals surface area contributed by atoms with Gasteiger partial charge in [-0.1, -0.05) is 85.5 Å². The second kappa shape index (κ2) is 25.0. The lowest BCUT2D eigenvalue weighted by Crippen LogP contribution is -2.48. The number of hydrogen-bond donors (Lipinski definition) is 4. The van der Waals surface area contributed by atoms with Crippen molar-refractivity contribution in [3.63, 3.8) is 0 Å². The van der Waals surface area contributed by atoms with E-state index in [0.29, 0.717) is 4.20 Å². The molecule has 0 aliphatic carbocycles. The standard InChI is InChI=1S/C24H23NO6S2.C12H16N4O4.C8H8/c1-23(14-25,13-12-19(26)27)24(2,15-33-21(32)17-6-4-3-5-7-17)22(30)31-18-10-8-16(9-11-18)20(28)29;1-11(7-13,5-3-9(17)18)15-16-12(2,8-14)6-4-10(19)20;1-2-8-6-4-3-5-7-8/h3-11H,12-13,15H2,1-2H3,(H,26,27)(H,28,29);3-6H2,1-2H3,(H,17,18)(H,19,20);2-7H,1H2. The highest BCUT2D eigenvalue weighted by Gasteiger charge is 2.52. The Labute approximate surface area is 364 Å². The third-order valence-electron chi connectivity index (χ3n) is 9.23. The van der Waals surface area contributed by atoms with Crippen LogP contribution < -0.4 is 4.74 Å². The van der Waals surface area contributed by atoms with Gasteiger partial charge in [0.25, 0.3) is 0 Å². The number of aliphatic carboxylic acids is 3. The number of thiocarbonyl (C=S) groups is 1. The number of nitrogens with zero attached hydrogens (tertiary/aromatic N) is 5. The van der Waals surface area contributed by atoms with Gasteiger partial charge >= 0.3 is 29.8 Å². The van der Waals surface area contributed by atoms with Gasteiger partial charge in [0.05, 0.1) is 38.8 Å². The lowest BCUT2D eigenvalue weighted by atomic mass is 9.65. The van der Waals surface area contributed by atoms with Crippen LogP contribution in [0.1, 0.15) is 87.7 Å². The fourth-order valence-corrected chi connectivity index (χ4v) is 6.25. The molecule has 0 saturated heterocycles. The lowest BCUT2D eigenvalue weighted by Gasteiger charge is -2.39. The number of azo groups is 1. The Hall–Kier alpha value is -6.74. The quantitative estimate of drug-likeness (QED) is 0.0379. The smallest absolute Gasteiger partial charge is 0.335 e. The maximum absolute atomic E-state index is 13.4. The van der Waals surface area contributed by atoms with Gasteiger partial charge in [0.2, 0.25) is 0 Å². The number of carboxylic acids is 4. The molecule has 0 heterocycles. The van der Waals surface area contributed by atoms with Gasteiger partial charge < -0.3 is 25.2 Å². The van der Waals surface area contributed by atoms with Crippen LogP contribution in [0.25, 0.3) is 6.08 Å². The van der Waals surface area contributed by atoms with Crippen LogP contribution in [0.3, 0.4) is 0 Å². The summed E-state index contributed by atoms with van der Waals surface area (Å²) in [7, 11) is 0. The highest BCUT2D eigenvalue weighted by atomic mass is 32.2. The molecule has 15 nitrogen and oxygen atoms in total. The SMILES string of the molecule is C=Cc1ccccc1.CC(C#N)(CCC(=O)O)C(C)(CSC(=S)c1ccccc1)C(=O)Oc1ccc(C(=O)O)cc1.CC(C#N)(CCC(=O)O)N=NC(C)(C#N)CCC(=O)O. The van der Waals surface area contributed by atoms with Crippen molar-refractivity contribution in [1.29, 1.82) is 15.8 Å². The van der Waals surface area contributed by atoms with E-state index < -0.39 is 51.8 Å². The predicted octanol–water partition coefficient (Wildman–Crippen LogP) is 8.86. The second-order valence-electron chi connectivity index (χ2n) is 14.2. The molecule has 4 unspecified atom stereocenters. The first kappa shape index (κ1) is 52.3. The lowest BCUT2D eigenvalue weighted by molar-refractivity contribution is -0.150. The van der Waals surface area contributed by atoms with Crippen molar-refractivity contribution in [3.05, 3.63) is 108 Å². The first-order valence-electron chi connectivity index (χ1n) is 18.4. The molecule has 0 amide bonds. The molecule has 4 atom stereocenters. The molecule has 0 radical (unpaired) electrons. The van der Waals surface area contributed by atoms with E-state index >= 15 is 0 Å². The number of carbonyl (C=O) groups excluding carboxylic acids is 1. The van der Waals surface area contributed by atoms with Crippen LogP contribution in [-0.4, -0.2) is 71.3 Å². The molecule has 3 rings (SSSR count). The number of carbonyl (C=O) groups is 5. The van der Waals surface area contributed by atoms with E-state index in [2.05, 4.69) is 22.9 Å². The van der Waals surface area contributed by atoms with E-state index in [1.54, 1.807) is 6.92 Å². The van der Waals surface area contributed by atoms with Gasteiger partial charge in [-0.15, -0.1) is 11.8 Å². The van der Waals surface area contributed by atoms with Crippen molar-refractivity contribution in [1.82, 2.24) is 0 Å². The fraction of sp³-hybridized carbons (Fsp3) is 0.341. The summed E-state index contributed by atoms with van der Waals surface area (Å²) in [6.07, 6.45) is 0.892. The number of benzene rings is 3. The molecule has 0 fully saturated rings. The molecule has 0 aliphatic heterocycles. The van der Waals surface area contributed by atoms with Gasteiger partial charge in [-0.2, -0.15) is 26.0 Å². The predicted molar refractivity (Wildman–Crippen MR) is 231 cm³/mol. The number of rotatable bonds is 19. The molecule has 0 aliphatic rings. The van der Waals surface area contributed by atoms with Crippen molar-refractivity contribution >= 4 is 64.1 Å². The third kappa shape index (κ3) is 18.0. The number of nitriles is 3. The van der Waals surface area contributed by atoms with Crippen LogP contribution in [0.15, 0.2) is 102 Å². The summed E-state index contributed by atoms with van der Waals surface area (Å²) in [5, 5.41) is 70.9. The molecule has 3 aromatic rings. The molecule has 17 heteroatoms. The topological polar surface area (TPSA) is 272 Å². The average Bonchev–Trinajstić information content (AvgIpc) is 3.26. The van der Waals surface area contributed by atoms with Crippen LogP contribution in [0.2, 0.25) is 0 Å². The third-order valence-corrected chi connectivity index (χ3v) is 11.0. The first-order chi connectivity index (χ1) is 28.6. The largest absolute Gasteiger partial charge is 0.481 e. The minimum atomic E-state index is -1.42. The van der Waals surface area contributed by atoms with Gasteiger partial charge in [-0.25, -0.2) is 4.79 Å². The number of esters is 1. The number of thioether (sulfide) groups is 1. The zero-order valence-corrected chi connectivity index (χ0v) is 35.7. The van der Waals surface area contributed by atoms with Crippen LogP contribution in [0.5, 0.6) is 5.75 Å². The van der Waals surface area contributed by atoms with Crippen molar-refractivity contribution in [2.24, 2.45) is 21.1 Å². The molecule has 0 aromatic heterocycles. The van der Waals surface area contributed by atoms with Crippen molar-refractivity contribution in [2.75, 3.05) is 5.75 Å². The van der Waals surface area contributed by atoms with Crippen molar-refractivity contribution < 1.29 is 49.1 Å². The molecule has 320 valence electrons. The number of ether oxygens (including phenoxy) is 1. The Kier molecular flexibility index (Phi) is 21.4. The van der Waals surface area contributed by atoms with Crippen LogP contribution in [-0.2, 0) is 19.2 Å². The summed E-state index contributed by atoms with van der Waals surface area (Å²) in [6.45, 7) is 9.55. The van der Waals surface area contributed by atoms with Crippen LogP contribution in [0, 0.1) is 44.8 Å². The Morgan fingerprint density at radius 1 is 0.689 bits per heavy atom. The molecule has 0 bridgehead atoms. The van der Waals surface area contributed by atoms with E-state index in [-0.39, 0.29) is 55.6 Å². The van der Waals surface area contributed by atoms with Crippen molar-refractivity contribution in [3.8, 4) is 24.0 Å². The summed E-state index contributed by atoms with van der Waals surface area (Å²) < 4.78 is 6.05. The normalized spacial score (nSPS) is 14.2. The second-order valence-corrected chi connectivity index (χ2v) is 15.9. The number of hydrogen-bond acceptors (Lipinski definition) is 13. The monoisotopic (exact) mass is 869 g/mol. The van der Waals surface area contributed by atoms with E-state index in [0.717, 1.165) is 5.56 Å². The van der Waals surface area contributed by atoms with Gasteiger partial charge in [-0.3, -0.25) is 19.2 Å². The summed E-state index contributed by atoms with van der Waals surface area (Å²) in [6, 6.07) is 30.4. The molecular weight excluding hydrogens is 823 g/mol. The number of aromatic carboxylic acids is 1. The Bertz CT molecular complexity index is 2120. The Balaban J connectivity index is 0.000000558. The Morgan fingerprint density at radius 3 is 1.51 bits per heavy atom. The zero-order valence-electron chi connectivity index (χ0n) is 34.1.